The number of hydrogen-bond acceptors (Lipinski definition) is 1. The van der Waals surface area contributed by atoms with Crippen molar-refractivity contribution in [1.29, 1.82) is 0 Å². The highest BCUT2D eigenvalue weighted by Gasteiger charge is 2.01. The minimum atomic E-state index is -0.228. The Bertz CT molecular complexity index is 638. The van der Waals surface area contributed by atoms with E-state index in [-0.39, 0.29) is 5.82 Å². The van der Waals surface area contributed by atoms with Gasteiger partial charge in [-0.15, -0.1) is 11.6 Å². The minimum Gasteiger partial charge on any atom is -0.489 e. The molecule has 3 heteroatoms. The van der Waals surface area contributed by atoms with Gasteiger partial charge in [-0.1, -0.05) is 17.9 Å². The average molecular weight is 289 g/mol. The Hall–Kier alpha value is -1.98. The summed E-state index contributed by atoms with van der Waals surface area (Å²) in [6, 6.07) is 12.2. The predicted molar refractivity (Wildman–Crippen MR) is 79.5 cm³/mol. The third-order valence-electron chi connectivity index (χ3n) is 2.85. The van der Waals surface area contributed by atoms with E-state index in [0.29, 0.717) is 12.5 Å². The second-order valence-corrected chi connectivity index (χ2v) is 4.59. The van der Waals surface area contributed by atoms with Crippen LogP contribution < -0.4 is 4.74 Å². The van der Waals surface area contributed by atoms with Gasteiger partial charge >= 0.3 is 0 Å². The summed E-state index contributed by atoms with van der Waals surface area (Å²) in [6.07, 6.45) is 0. The van der Waals surface area contributed by atoms with E-state index in [0.717, 1.165) is 22.4 Å². The summed E-state index contributed by atoms with van der Waals surface area (Å²) in [4.78, 5) is 0. The number of hydrogen-bond donors (Lipinski definition) is 0. The maximum atomic E-state index is 13.0. The number of rotatable bonds is 3. The van der Waals surface area contributed by atoms with Crippen LogP contribution in [0.5, 0.6) is 5.75 Å². The molecule has 0 fully saturated rings. The van der Waals surface area contributed by atoms with Gasteiger partial charge in [0.05, 0.1) is 5.88 Å². The first kappa shape index (κ1) is 14.4. The first-order valence-electron chi connectivity index (χ1n) is 6.22. The van der Waals surface area contributed by atoms with E-state index in [2.05, 4.69) is 11.8 Å². The van der Waals surface area contributed by atoms with Crippen LogP contribution in [0.2, 0.25) is 0 Å². The van der Waals surface area contributed by atoms with Crippen LogP contribution in [0.25, 0.3) is 0 Å². The predicted octanol–water partition coefficient (Wildman–Crippen LogP) is 4.30. The van der Waals surface area contributed by atoms with Crippen LogP contribution in [0.15, 0.2) is 42.5 Å². The molecular weight excluding hydrogens is 275 g/mol. The zero-order valence-corrected chi connectivity index (χ0v) is 11.9. The second-order valence-electron chi connectivity index (χ2n) is 4.32. The lowest BCUT2D eigenvalue weighted by Crippen LogP contribution is -1.98. The van der Waals surface area contributed by atoms with Gasteiger partial charge in [0.15, 0.2) is 0 Å². The molecule has 0 spiro atoms. The van der Waals surface area contributed by atoms with Gasteiger partial charge in [-0.05, 0) is 54.4 Å². The van der Waals surface area contributed by atoms with Crippen LogP contribution in [0.3, 0.4) is 0 Å². The quantitative estimate of drug-likeness (QED) is 0.604. The molecule has 2 rings (SSSR count). The van der Waals surface area contributed by atoms with Gasteiger partial charge in [-0.3, -0.25) is 0 Å². The lowest BCUT2D eigenvalue weighted by Gasteiger charge is -2.08. The van der Waals surface area contributed by atoms with Crippen LogP contribution in [-0.2, 0) is 6.61 Å². The molecule has 0 N–H and O–H groups in total. The Balaban J connectivity index is 2.00. The Morgan fingerprint density at radius 3 is 2.55 bits per heavy atom. The Morgan fingerprint density at radius 1 is 1.15 bits per heavy atom. The fourth-order valence-corrected chi connectivity index (χ4v) is 1.82. The molecule has 2 aromatic rings. The molecule has 1 nitrogen and oxygen atoms in total. The second kappa shape index (κ2) is 6.98. The Morgan fingerprint density at radius 2 is 1.90 bits per heavy atom. The van der Waals surface area contributed by atoms with E-state index in [4.69, 9.17) is 16.3 Å². The van der Waals surface area contributed by atoms with E-state index >= 15 is 0 Å². The van der Waals surface area contributed by atoms with Crippen LogP contribution >= 0.6 is 11.6 Å². The number of ether oxygens (including phenoxy) is 1. The summed E-state index contributed by atoms with van der Waals surface area (Å²) in [7, 11) is 0. The standard InChI is InChI=1S/C17H14ClFO/c1-13-11-16(19)7-6-15(13)12-20-17-8-4-14(5-9-17)3-2-10-18/h4-9,11H,10,12H2,1H3. The van der Waals surface area contributed by atoms with E-state index in [1.54, 1.807) is 6.07 Å². The molecule has 0 aromatic heterocycles. The summed E-state index contributed by atoms with van der Waals surface area (Å²) in [6.45, 7) is 2.28. The molecule has 0 aliphatic carbocycles. The minimum absolute atomic E-state index is 0.228. The summed E-state index contributed by atoms with van der Waals surface area (Å²) in [5, 5.41) is 0. The molecule has 0 saturated carbocycles. The van der Waals surface area contributed by atoms with E-state index < -0.39 is 0 Å². The number of halogens is 2. The summed E-state index contributed by atoms with van der Waals surface area (Å²) in [5.41, 5.74) is 2.75. The molecule has 0 radical (unpaired) electrons. The van der Waals surface area contributed by atoms with Gasteiger partial charge in [-0.2, -0.15) is 0 Å². The fourth-order valence-electron chi connectivity index (χ4n) is 1.75. The molecular formula is C17H14ClFO. The number of aryl methyl sites for hydroxylation is 1. The van der Waals surface area contributed by atoms with Crippen molar-refractivity contribution in [1.82, 2.24) is 0 Å². The summed E-state index contributed by atoms with van der Waals surface area (Å²) < 4.78 is 18.7. The SMILES string of the molecule is Cc1cc(F)ccc1COc1ccc(C#CCCl)cc1. The van der Waals surface area contributed by atoms with Crippen molar-refractivity contribution in [2.45, 2.75) is 13.5 Å². The van der Waals surface area contributed by atoms with E-state index in [1.807, 2.05) is 31.2 Å². The highest BCUT2D eigenvalue weighted by molar-refractivity contribution is 6.19. The van der Waals surface area contributed by atoms with Gasteiger partial charge in [0, 0.05) is 5.56 Å². The van der Waals surface area contributed by atoms with Crippen molar-refractivity contribution in [3.8, 4) is 17.6 Å². The lowest BCUT2D eigenvalue weighted by molar-refractivity contribution is 0.305. The van der Waals surface area contributed by atoms with Gasteiger partial charge in [0.25, 0.3) is 0 Å². The molecule has 0 unspecified atom stereocenters. The molecule has 102 valence electrons. The van der Waals surface area contributed by atoms with Gasteiger partial charge < -0.3 is 4.74 Å². The van der Waals surface area contributed by atoms with E-state index in [1.165, 1.54) is 12.1 Å². The Kier molecular flexibility index (Phi) is 5.03. The molecule has 20 heavy (non-hydrogen) atoms. The molecule has 0 heterocycles. The first-order valence-corrected chi connectivity index (χ1v) is 6.75. The first-order chi connectivity index (χ1) is 9.69. The summed E-state index contributed by atoms with van der Waals surface area (Å²) in [5.74, 6) is 6.57. The molecule has 0 bridgehead atoms. The third-order valence-corrected chi connectivity index (χ3v) is 2.99. The molecule has 0 amide bonds. The van der Waals surface area contributed by atoms with Crippen LogP contribution in [0.4, 0.5) is 4.39 Å². The van der Waals surface area contributed by atoms with Crippen molar-refractivity contribution in [2.75, 3.05) is 5.88 Å². The Labute approximate surface area is 123 Å². The van der Waals surface area contributed by atoms with Gasteiger partial charge in [-0.25, -0.2) is 4.39 Å². The summed E-state index contributed by atoms with van der Waals surface area (Å²) >= 11 is 5.50. The number of benzene rings is 2. The van der Waals surface area contributed by atoms with Crippen LogP contribution in [0.1, 0.15) is 16.7 Å². The van der Waals surface area contributed by atoms with Crippen LogP contribution in [-0.4, -0.2) is 5.88 Å². The molecule has 0 aliphatic rings. The topological polar surface area (TPSA) is 9.23 Å². The molecule has 0 saturated heterocycles. The van der Waals surface area contributed by atoms with Crippen LogP contribution in [0, 0.1) is 24.6 Å². The maximum Gasteiger partial charge on any atom is 0.123 e. The zero-order valence-electron chi connectivity index (χ0n) is 11.1. The fraction of sp³-hybridized carbons (Fsp3) is 0.176. The normalized spacial score (nSPS) is 9.75. The zero-order chi connectivity index (χ0) is 14.4. The monoisotopic (exact) mass is 288 g/mol. The highest BCUT2D eigenvalue weighted by Crippen LogP contribution is 2.16. The van der Waals surface area contributed by atoms with Crippen molar-refractivity contribution in [3.05, 3.63) is 65.0 Å². The van der Waals surface area contributed by atoms with Crippen molar-refractivity contribution in [2.24, 2.45) is 0 Å². The smallest absolute Gasteiger partial charge is 0.123 e. The lowest BCUT2D eigenvalue weighted by atomic mass is 10.1. The third kappa shape index (κ3) is 4.01. The van der Waals surface area contributed by atoms with Crippen molar-refractivity contribution < 1.29 is 9.13 Å². The van der Waals surface area contributed by atoms with Crippen molar-refractivity contribution >= 4 is 11.6 Å². The molecule has 0 atom stereocenters. The van der Waals surface area contributed by atoms with Gasteiger partial charge in [0.1, 0.15) is 18.2 Å². The number of alkyl halides is 1. The van der Waals surface area contributed by atoms with Crippen molar-refractivity contribution in [3.63, 3.8) is 0 Å². The van der Waals surface area contributed by atoms with E-state index in [9.17, 15) is 4.39 Å². The van der Waals surface area contributed by atoms with Gasteiger partial charge in [0.2, 0.25) is 0 Å². The maximum absolute atomic E-state index is 13.0. The average Bonchev–Trinajstić information content (AvgIpc) is 2.45. The molecule has 2 aromatic carbocycles. The largest absolute Gasteiger partial charge is 0.489 e. The highest BCUT2D eigenvalue weighted by atomic mass is 35.5. The molecule has 0 aliphatic heterocycles.